The molecule has 2 aliphatic rings. The molecule has 4 nitrogen and oxygen atoms in total. The molecule has 0 saturated carbocycles. The van der Waals surface area contributed by atoms with Crippen molar-refractivity contribution < 1.29 is 0 Å². The van der Waals surface area contributed by atoms with E-state index in [-0.39, 0.29) is 5.54 Å². The van der Waals surface area contributed by atoms with Gasteiger partial charge in [-0.3, -0.25) is 0 Å². The van der Waals surface area contributed by atoms with Gasteiger partial charge in [-0.15, -0.1) is 0 Å². The Morgan fingerprint density at radius 2 is 1.60 bits per heavy atom. The third-order valence-electron chi connectivity index (χ3n) is 5.90. The lowest BCUT2D eigenvalue weighted by molar-refractivity contribution is 0.521. The lowest BCUT2D eigenvalue weighted by Crippen LogP contribution is -2.58. The topological polar surface area (TPSA) is 48.5 Å². The summed E-state index contributed by atoms with van der Waals surface area (Å²) in [4.78, 5) is 5.01. The molecular weight excluding hydrogens is 388 g/mol. The van der Waals surface area contributed by atoms with Crippen LogP contribution in [0.3, 0.4) is 0 Å². The maximum absolute atomic E-state index is 5.01. The van der Waals surface area contributed by atoms with E-state index in [1.165, 1.54) is 16.7 Å². The maximum atomic E-state index is 5.01. The quantitative estimate of drug-likeness (QED) is 0.503. The van der Waals surface area contributed by atoms with Crippen LogP contribution in [0, 0.1) is 0 Å². The largest absolute Gasteiger partial charge is 0.371 e. The highest BCUT2D eigenvalue weighted by molar-refractivity contribution is 7.99. The minimum Gasteiger partial charge on any atom is -0.371 e. The molecule has 30 heavy (non-hydrogen) atoms. The van der Waals surface area contributed by atoms with Crippen LogP contribution in [-0.2, 0) is 6.54 Å². The van der Waals surface area contributed by atoms with Crippen molar-refractivity contribution in [3.05, 3.63) is 84.4 Å². The first-order chi connectivity index (χ1) is 14.8. The lowest BCUT2D eigenvalue weighted by Gasteiger charge is -2.42. The molecule has 0 bridgehead atoms. The first-order valence-electron chi connectivity index (χ1n) is 10.5. The summed E-state index contributed by atoms with van der Waals surface area (Å²) in [6.45, 7) is 0.719. The number of amidine groups is 1. The number of anilines is 1. The summed E-state index contributed by atoms with van der Waals surface area (Å²) in [5, 5.41) is 3.80. The van der Waals surface area contributed by atoms with E-state index < -0.39 is 0 Å². The zero-order valence-corrected chi connectivity index (χ0v) is 17.7. The summed E-state index contributed by atoms with van der Waals surface area (Å²) in [6.07, 6.45) is 2.14. The zero-order chi connectivity index (χ0) is 20.2. The van der Waals surface area contributed by atoms with Gasteiger partial charge < -0.3 is 10.7 Å². The van der Waals surface area contributed by atoms with Gasteiger partial charge in [-0.25, -0.2) is 10.4 Å². The lowest BCUT2D eigenvalue weighted by atomic mass is 9.88. The normalized spacial score (nSPS) is 17.0. The van der Waals surface area contributed by atoms with Gasteiger partial charge in [-0.2, -0.15) is 11.8 Å². The molecule has 5 heteroatoms. The number of benzene rings is 3. The average molecular weight is 415 g/mol. The van der Waals surface area contributed by atoms with Gasteiger partial charge in [0, 0.05) is 6.54 Å². The molecule has 3 N–H and O–H groups in total. The fraction of sp³-hybridized carbons (Fsp3) is 0.240. The highest BCUT2D eigenvalue weighted by atomic mass is 32.2. The summed E-state index contributed by atoms with van der Waals surface area (Å²) in [7, 11) is 0. The van der Waals surface area contributed by atoms with Crippen molar-refractivity contribution >= 4 is 29.0 Å². The Hall–Kier alpha value is -2.76. The molecule has 2 aliphatic heterocycles. The number of nitrogens with one attached hydrogen (secondary N) is 3. The van der Waals surface area contributed by atoms with E-state index in [0.717, 1.165) is 48.1 Å². The Balaban J connectivity index is 1.36. The molecule has 0 atom stereocenters. The van der Waals surface area contributed by atoms with E-state index in [0.29, 0.717) is 0 Å². The zero-order valence-electron chi connectivity index (χ0n) is 16.9. The van der Waals surface area contributed by atoms with Gasteiger partial charge in [0.1, 0.15) is 5.84 Å². The molecule has 152 valence electrons. The number of thioether (sulfide) groups is 1. The van der Waals surface area contributed by atoms with Crippen LogP contribution < -0.4 is 16.2 Å². The number of hydrazine groups is 1. The van der Waals surface area contributed by atoms with Crippen molar-refractivity contribution in [1.29, 1.82) is 0 Å². The number of rotatable bonds is 4. The van der Waals surface area contributed by atoms with Gasteiger partial charge in [0.25, 0.3) is 0 Å². The molecular formula is C25H26N4S. The number of hydrogen-bond donors (Lipinski definition) is 3. The highest BCUT2D eigenvalue weighted by Gasteiger charge is 2.40. The predicted octanol–water partition coefficient (Wildman–Crippen LogP) is 5.37. The first-order valence-corrected chi connectivity index (χ1v) is 11.7. The number of para-hydroxylation sites is 2. The van der Waals surface area contributed by atoms with E-state index in [1.807, 2.05) is 17.8 Å². The van der Waals surface area contributed by atoms with Crippen LogP contribution in [0.2, 0.25) is 0 Å². The van der Waals surface area contributed by atoms with Crippen LogP contribution in [0.25, 0.3) is 11.1 Å². The highest BCUT2D eigenvalue weighted by Crippen LogP contribution is 2.39. The summed E-state index contributed by atoms with van der Waals surface area (Å²) >= 11 is 2.02. The summed E-state index contributed by atoms with van der Waals surface area (Å²) in [5.41, 5.74) is 12.7. The minimum atomic E-state index is -0.119. The van der Waals surface area contributed by atoms with E-state index in [1.54, 1.807) is 0 Å². The number of nitrogens with zero attached hydrogens (tertiary/aromatic N) is 1. The molecule has 0 aromatic heterocycles. The molecule has 3 aromatic rings. The molecule has 0 amide bonds. The first kappa shape index (κ1) is 19.2. The second kappa shape index (κ2) is 8.54. The smallest absolute Gasteiger partial charge is 0.142 e. The van der Waals surface area contributed by atoms with Crippen LogP contribution in [0.1, 0.15) is 18.4 Å². The van der Waals surface area contributed by atoms with Crippen molar-refractivity contribution in [3.8, 4) is 11.1 Å². The summed E-state index contributed by atoms with van der Waals surface area (Å²) < 4.78 is 0. The van der Waals surface area contributed by atoms with Crippen molar-refractivity contribution in [2.45, 2.75) is 24.9 Å². The second-order valence-corrected chi connectivity index (χ2v) is 9.02. The average Bonchev–Trinajstić information content (AvgIpc) is 2.81. The second-order valence-electron chi connectivity index (χ2n) is 7.80. The van der Waals surface area contributed by atoms with E-state index in [9.17, 15) is 0 Å². The minimum absolute atomic E-state index is 0.119. The van der Waals surface area contributed by atoms with Crippen LogP contribution in [0.5, 0.6) is 0 Å². The van der Waals surface area contributed by atoms with E-state index >= 15 is 0 Å². The van der Waals surface area contributed by atoms with Gasteiger partial charge in [-0.05, 0) is 53.2 Å². The molecule has 1 spiro atoms. The van der Waals surface area contributed by atoms with Gasteiger partial charge in [-0.1, -0.05) is 66.7 Å². The number of hydrogen-bond acceptors (Lipinski definition) is 5. The molecule has 1 fully saturated rings. The van der Waals surface area contributed by atoms with Crippen molar-refractivity contribution in [1.82, 2.24) is 10.9 Å². The Kier molecular flexibility index (Phi) is 5.47. The third-order valence-corrected chi connectivity index (χ3v) is 6.88. The molecule has 0 unspecified atom stereocenters. The van der Waals surface area contributed by atoms with Crippen molar-refractivity contribution in [2.24, 2.45) is 4.99 Å². The van der Waals surface area contributed by atoms with Gasteiger partial charge in [0.15, 0.2) is 0 Å². The fourth-order valence-electron chi connectivity index (χ4n) is 4.25. The van der Waals surface area contributed by atoms with E-state index in [4.69, 9.17) is 4.99 Å². The van der Waals surface area contributed by atoms with Crippen molar-refractivity contribution in [3.63, 3.8) is 0 Å². The standard InChI is InChI=1S/C25H26N4S/c1-2-8-19(9-3-1)21-11-5-4-10-20(21)18-26-29-24-25(14-16-30-17-15-25)28-23-13-7-6-12-22(23)27-24/h1-13,26,28H,14-18H2,(H,27,29). The maximum Gasteiger partial charge on any atom is 0.142 e. The Labute approximate surface area is 182 Å². The molecule has 3 aromatic carbocycles. The van der Waals surface area contributed by atoms with Gasteiger partial charge >= 0.3 is 0 Å². The van der Waals surface area contributed by atoms with Crippen LogP contribution in [-0.4, -0.2) is 22.9 Å². The SMILES string of the molecule is c1ccc(-c2ccccc2CNNC2=Nc3ccccc3NC23CCSCC3)cc1. The molecule has 5 rings (SSSR count). The summed E-state index contributed by atoms with van der Waals surface area (Å²) in [6, 6.07) is 27.4. The molecule has 0 aliphatic carbocycles. The van der Waals surface area contributed by atoms with Gasteiger partial charge in [0.05, 0.1) is 16.9 Å². The number of fused-ring (bicyclic) bond motifs is 1. The Morgan fingerprint density at radius 3 is 2.47 bits per heavy atom. The molecule has 1 saturated heterocycles. The van der Waals surface area contributed by atoms with Crippen molar-refractivity contribution in [2.75, 3.05) is 16.8 Å². The third kappa shape index (κ3) is 3.83. The Morgan fingerprint density at radius 1 is 0.867 bits per heavy atom. The van der Waals surface area contributed by atoms with E-state index in [2.05, 4.69) is 89.0 Å². The fourth-order valence-corrected chi connectivity index (χ4v) is 5.44. The number of aliphatic imine (C=N–C) groups is 1. The van der Waals surface area contributed by atoms with Crippen LogP contribution >= 0.6 is 11.8 Å². The van der Waals surface area contributed by atoms with Crippen LogP contribution in [0.4, 0.5) is 11.4 Å². The summed E-state index contributed by atoms with van der Waals surface area (Å²) in [5.74, 6) is 3.29. The Bertz CT molecular complexity index is 1040. The van der Waals surface area contributed by atoms with Crippen LogP contribution in [0.15, 0.2) is 83.9 Å². The predicted molar refractivity (Wildman–Crippen MR) is 128 cm³/mol. The molecule has 2 heterocycles. The molecule has 0 radical (unpaired) electrons. The van der Waals surface area contributed by atoms with Gasteiger partial charge in [0.2, 0.25) is 0 Å². The monoisotopic (exact) mass is 414 g/mol.